The number of nitrogens with one attached hydrogen (secondary N) is 1. The molecule has 1 unspecified atom stereocenters. The van der Waals surface area contributed by atoms with E-state index in [9.17, 15) is 8.78 Å². The summed E-state index contributed by atoms with van der Waals surface area (Å²) in [7, 11) is 1.93. The third kappa shape index (κ3) is 5.43. The lowest BCUT2D eigenvalue weighted by atomic mass is 10.0. The number of nitrogens with zero attached hydrogens (tertiary/aromatic N) is 4. The minimum atomic E-state index is -0.911. The summed E-state index contributed by atoms with van der Waals surface area (Å²) in [6.45, 7) is 5.46. The number of halogens is 2. The fraction of sp³-hybridized carbons (Fsp3) is 0.500. The Kier molecular flexibility index (Phi) is 6.84. The van der Waals surface area contributed by atoms with Gasteiger partial charge in [0.05, 0.1) is 12.7 Å². The minimum absolute atomic E-state index is 0.299. The van der Waals surface area contributed by atoms with Crippen LogP contribution in [0.1, 0.15) is 18.9 Å². The quantitative estimate of drug-likeness (QED) is 0.448. The normalized spacial score (nSPS) is 17.2. The van der Waals surface area contributed by atoms with Crippen molar-refractivity contribution in [3.8, 4) is 5.75 Å². The average Bonchev–Trinajstić information content (AvgIpc) is 3.30. The molecule has 1 saturated heterocycles. The molecule has 28 heavy (non-hydrogen) atoms. The highest BCUT2D eigenvalue weighted by Gasteiger charge is 2.25. The summed E-state index contributed by atoms with van der Waals surface area (Å²) in [5.41, 5.74) is 1.26. The SMILES string of the molecule is CCNC(=NCCOc1ccc(F)c(F)c1)N1CCC(Cc2cnn(C)c2)C1. The lowest BCUT2D eigenvalue weighted by molar-refractivity contribution is 0.324. The van der Waals surface area contributed by atoms with E-state index in [4.69, 9.17) is 4.74 Å². The summed E-state index contributed by atoms with van der Waals surface area (Å²) in [5, 5.41) is 7.56. The number of guanidine groups is 1. The van der Waals surface area contributed by atoms with Crippen LogP contribution >= 0.6 is 0 Å². The van der Waals surface area contributed by atoms with E-state index in [1.54, 1.807) is 0 Å². The maximum Gasteiger partial charge on any atom is 0.194 e. The number of likely N-dealkylation sites (tertiary alicyclic amines) is 1. The van der Waals surface area contributed by atoms with Gasteiger partial charge in [0, 0.05) is 38.9 Å². The van der Waals surface area contributed by atoms with Gasteiger partial charge in [-0.25, -0.2) is 13.8 Å². The Morgan fingerprint density at radius 3 is 2.93 bits per heavy atom. The first-order chi connectivity index (χ1) is 13.5. The van der Waals surface area contributed by atoms with Gasteiger partial charge in [-0.1, -0.05) is 0 Å². The molecule has 1 aromatic carbocycles. The highest BCUT2D eigenvalue weighted by Crippen LogP contribution is 2.21. The van der Waals surface area contributed by atoms with Gasteiger partial charge in [-0.05, 0) is 43.4 Å². The first-order valence-electron chi connectivity index (χ1n) is 9.63. The van der Waals surface area contributed by atoms with Gasteiger partial charge in [0.25, 0.3) is 0 Å². The van der Waals surface area contributed by atoms with Gasteiger partial charge in [0.2, 0.25) is 0 Å². The molecular formula is C20H27F2N5O. The van der Waals surface area contributed by atoms with Crippen molar-refractivity contribution in [1.29, 1.82) is 0 Å². The van der Waals surface area contributed by atoms with Crippen molar-refractivity contribution in [2.24, 2.45) is 18.0 Å². The van der Waals surface area contributed by atoms with Crippen LogP contribution in [0.25, 0.3) is 0 Å². The molecule has 1 N–H and O–H groups in total. The molecule has 0 radical (unpaired) electrons. The van der Waals surface area contributed by atoms with Crippen LogP contribution < -0.4 is 10.1 Å². The number of aliphatic imine (C=N–C) groups is 1. The zero-order chi connectivity index (χ0) is 19.9. The third-order valence-corrected chi connectivity index (χ3v) is 4.72. The second-order valence-corrected chi connectivity index (χ2v) is 6.99. The maximum absolute atomic E-state index is 13.2. The van der Waals surface area contributed by atoms with E-state index in [2.05, 4.69) is 26.5 Å². The zero-order valence-corrected chi connectivity index (χ0v) is 16.4. The fourth-order valence-corrected chi connectivity index (χ4v) is 3.41. The van der Waals surface area contributed by atoms with Crippen molar-refractivity contribution in [3.63, 3.8) is 0 Å². The van der Waals surface area contributed by atoms with Crippen LogP contribution in [0.4, 0.5) is 8.78 Å². The average molecular weight is 391 g/mol. The largest absolute Gasteiger partial charge is 0.492 e. The zero-order valence-electron chi connectivity index (χ0n) is 16.4. The van der Waals surface area contributed by atoms with Crippen molar-refractivity contribution in [2.45, 2.75) is 19.8 Å². The van der Waals surface area contributed by atoms with E-state index in [0.717, 1.165) is 50.6 Å². The molecule has 3 rings (SSSR count). The number of rotatable bonds is 7. The van der Waals surface area contributed by atoms with Crippen molar-refractivity contribution in [3.05, 3.63) is 47.8 Å². The maximum atomic E-state index is 13.2. The van der Waals surface area contributed by atoms with Crippen molar-refractivity contribution < 1.29 is 13.5 Å². The Morgan fingerprint density at radius 2 is 2.21 bits per heavy atom. The van der Waals surface area contributed by atoms with Crippen LogP contribution in [0.3, 0.4) is 0 Å². The van der Waals surface area contributed by atoms with Crippen molar-refractivity contribution in [1.82, 2.24) is 20.0 Å². The molecule has 1 aliphatic heterocycles. The van der Waals surface area contributed by atoms with Crippen LogP contribution in [0.2, 0.25) is 0 Å². The van der Waals surface area contributed by atoms with Gasteiger partial charge in [0.1, 0.15) is 12.4 Å². The van der Waals surface area contributed by atoms with E-state index >= 15 is 0 Å². The Balaban J connectivity index is 1.50. The summed E-state index contributed by atoms with van der Waals surface area (Å²) in [6.07, 6.45) is 6.13. The number of aryl methyl sites for hydroxylation is 1. The van der Waals surface area contributed by atoms with E-state index in [0.29, 0.717) is 24.8 Å². The molecule has 1 fully saturated rings. The molecule has 1 atom stereocenters. The number of hydrogen-bond donors (Lipinski definition) is 1. The van der Waals surface area contributed by atoms with Gasteiger partial charge in [-0.2, -0.15) is 5.10 Å². The van der Waals surface area contributed by atoms with Crippen LogP contribution in [-0.4, -0.2) is 53.4 Å². The standard InChI is InChI=1S/C20H27F2N5O/c1-3-23-20(24-7-9-28-17-4-5-18(21)19(22)11-17)27-8-6-15(14-27)10-16-12-25-26(2)13-16/h4-5,11-13,15H,3,6-10,14H2,1-2H3,(H,23,24). The number of ether oxygens (including phenoxy) is 1. The highest BCUT2D eigenvalue weighted by atomic mass is 19.2. The molecule has 0 amide bonds. The van der Waals surface area contributed by atoms with E-state index in [1.165, 1.54) is 11.6 Å². The molecule has 0 saturated carbocycles. The number of aromatic nitrogens is 2. The molecule has 1 aromatic heterocycles. The molecule has 0 bridgehead atoms. The van der Waals surface area contributed by atoms with Crippen LogP contribution in [0, 0.1) is 17.6 Å². The summed E-state index contributed by atoms with van der Waals surface area (Å²) in [6, 6.07) is 3.52. The number of hydrogen-bond acceptors (Lipinski definition) is 3. The second-order valence-electron chi connectivity index (χ2n) is 6.99. The van der Waals surface area contributed by atoms with Gasteiger partial charge >= 0.3 is 0 Å². The van der Waals surface area contributed by atoms with E-state index in [1.807, 2.05) is 24.9 Å². The third-order valence-electron chi connectivity index (χ3n) is 4.72. The Hall–Kier alpha value is -2.64. The lowest BCUT2D eigenvalue weighted by Crippen LogP contribution is -2.40. The van der Waals surface area contributed by atoms with E-state index < -0.39 is 11.6 Å². The molecule has 8 heteroatoms. The summed E-state index contributed by atoms with van der Waals surface area (Å²) >= 11 is 0. The molecule has 0 spiro atoms. The Labute approximate surface area is 164 Å². The first-order valence-corrected chi connectivity index (χ1v) is 9.63. The van der Waals surface area contributed by atoms with E-state index in [-0.39, 0.29) is 0 Å². The fourth-order valence-electron chi connectivity index (χ4n) is 3.41. The van der Waals surface area contributed by atoms with Crippen LogP contribution in [-0.2, 0) is 13.5 Å². The minimum Gasteiger partial charge on any atom is -0.492 e. The smallest absolute Gasteiger partial charge is 0.194 e. The molecule has 0 aliphatic carbocycles. The van der Waals surface area contributed by atoms with Gasteiger partial charge in [-0.3, -0.25) is 4.68 Å². The first kappa shape index (κ1) is 20.1. The molecular weight excluding hydrogens is 364 g/mol. The molecule has 1 aliphatic rings. The lowest BCUT2D eigenvalue weighted by Gasteiger charge is -2.21. The monoisotopic (exact) mass is 391 g/mol. The van der Waals surface area contributed by atoms with Crippen molar-refractivity contribution >= 4 is 5.96 Å². The van der Waals surface area contributed by atoms with Crippen molar-refractivity contribution in [2.75, 3.05) is 32.8 Å². The van der Waals surface area contributed by atoms with Crippen LogP contribution in [0.5, 0.6) is 5.75 Å². The molecule has 152 valence electrons. The predicted molar refractivity (Wildman–Crippen MR) is 104 cm³/mol. The Morgan fingerprint density at radius 1 is 1.36 bits per heavy atom. The predicted octanol–water partition coefficient (Wildman–Crippen LogP) is 2.61. The molecule has 2 aromatic rings. The second kappa shape index (κ2) is 9.52. The van der Waals surface area contributed by atoms with Crippen LogP contribution in [0.15, 0.2) is 35.6 Å². The highest BCUT2D eigenvalue weighted by molar-refractivity contribution is 5.80. The molecule has 6 nitrogen and oxygen atoms in total. The van der Waals surface area contributed by atoms with Gasteiger partial charge in [-0.15, -0.1) is 0 Å². The number of benzene rings is 1. The van der Waals surface area contributed by atoms with Gasteiger partial charge < -0.3 is 15.0 Å². The van der Waals surface area contributed by atoms with Gasteiger partial charge in [0.15, 0.2) is 17.6 Å². The summed E-state index contributed by atoms with van der Waals surface area (Å²) in [5.74, 6) is -0.0471. The topological polar surface area (TPSA) is 54.7 Å². The Bertz CT molecular complexity index is 808. The summed E-state index contributed by atoms with van der Waals surface area (Å²) in [4.78, 5) is 6.88. The molecule has 2 heterocycles. The summed E-state index contributed by atoms with van der Waals surface area (Å²) < 4.78 is 33.5.